The molecule has 0 fully saturated rings. The summed E-state index contributed by atoms with van der Waals surface area (Å²) in [6.45, 7) is 10.3. The fourth-order valence-electron chi connectivity index (χ4n) is 3.87. The van der Waals surface area contributed by atoms with Crippen LogP contribution in [0.3, 0.4) is 0 Å². The zero-order chi connectivity index (χ0) is 23.1. The van der Waals surface area contributed by atoms with Crippen molar-refractivity contribution in [3.63, 3.8) is 0 Å². The van der Waals surface area contributed by atoms with Crippen LogP contribution < -0.4 is 0 Å². The molecule has 2 rings (SSSR count). The smallest absolute Gasteiger partial charge is 0.355 e. The van der Waals surface area contributed by atoms with Crippen LogP contribution in [-0.4, -0.2) is 60.0 Å². The predicted molar refractivity (Wildman–Crippen MR) is 119 cm³/mol. The molecule has 0 aliphatic carbocycles. The molecule has 31 heavy (non-hydrogen) atoms. The summed E-state index contributed by atoms with van der Waals surface area (Å²) in [7, 11) is 1.55. The highest BCUT2D eigenvalue weighted by atomic mass is 16.5. The van der Waals surface area contributed by atoms with E-state index in [0.717, 1.165) is 0 Å². The second-order valence-electron chi connectivity index (χ2n) is 7.30. The molecule has 1 aromatic heterocycles. The number of carbonyl (C=O) groups excluding carboxylic acids is 3. The Morgan fingerprint density at radius 3 is 2.29 bits per heavy atom. The summed E-state index contributed by atoms with van der Waals surface area (Å²) in [6.07, 6.45) is 0. The van der Waals surface area contributed by atoms with E-state index < -0.39 is 12.0 Å². The van der Waals surface area contributed by atoms with Gasteiger partial charge in [0, 0.05) is 37.0 Å². The van der Waals surface area contributed by atoms with Crippen LogP contribution in [0, 0.1) is 13.8 Å². The number of ether oxygens (including phenoxy) is 2. The van der Waals surface area contributed by atoms with Crippen molar-refractivity contribution in [3.8, 4) is 0 Å². The monoisotopic (exact) mass is 428 g/mol. The van der Waals surface area contributed by atoms with Gasteiger partial charge in [0.1, 0.15) is 5.69 Å². The maximum atomic E-state index is 13.6. The first kappa shape index (κ1) is 24.3. The molecule has 1 heterocycles. The third-order valence-corrected chi connectivity index (χ3v) is 5.46. The van der Waals surface area contributed by atoms with Gasteiger partial charge in [-0.25, -0.2) is 4.79 Å². The highest BCUT2D eigenvalue weighted by molar-refractivity contribution is 6.07. The van der Waals surface area contributed by atoms with Gasteiger partial charge < -0.3 is 18.9 Å². The molecule has 2 aromatic rings. The van der Waals surface area contributed by atoms with Crippen molar-refractivity contribution >= 4 is 17.7 Å². The van der Waals surface area contributed by atoms with E-state index in [2.05, 4.69) is 0 Å². The van der Waals surface area contributed by atoms with E-state index in [4.69, 9.17) is 9.47 Å². The molecule has 0 aliphatic rings. The van der Waals surface area contributed by atoms with E-state index in [0.29, 0.717) is 41.2 Å². The maximum Gasteiger partial charge on any atom is 0.355 e. The van der Waals surface area contributed by atoms with Gasteiger partial charge in [0.05, 0.1) is 19.3 Å². The number of ketones is 1. The van der Waals surface area contributed by atoms with Gasteiger partial charge >= 0.3 is 5.97 Å². The second kappa shape index (κ2) is 10.9. The standard InChI is InChI=1S/C24H32N2O5/c1-7-25-17(4)20(16(3)21(25)24(29)31-8-2)22(27)18(5)26(14-15-30-6)23(28)19-12-10-9-11-13-19/h9-13,18H,7-8,14-15H2,1-6H3. The molecule has 7 nitrogen and oxygen atoms in total. The molecule has 0 aliphatic heterocycles. The number of hydrogen-bond donors (Lipinski definition) is 0. The van der Waals surface area contributed by atoms with Gasteiger partial charge in [-0.1, -0.05) is 18.2 Å². The van der Waals surface area contributed by atoms with Gasteiger partial charge in [0.25, 0.3) is 5.91 Å². The summed E-state index contributed by atoms with van der Waals surface area (Å²) >= 11 is 0. The van der Waals surface area contributed by atoms with Crippen molar-refractivity contribution in [3.05, 3.63) is 58.4 Å². The minimum Gasteiger partial charge on any atom is -0.461 e. The number of amides is 1. The van der Waals surface area contributed by atoms with Crippen LogP contribution in [0.15, 0.2) is 30.3 Å². The third kappa shape index (κ3) is 5.05. The van der Waals surface area contributed by atoms with Crippen LogP contribution in [0.4, 0.5) is 0 Å². The van der Waals surface area contributed by atoms with Crippen molar-refractivity contribution < 1.29 is 23.9 Å². The lowest BCUT2D eigenvalue weighted by molar-refractivity contribution is 0.0512. The number of aromatic nitrogens is 1. The van der Waals surface area contributed by atoms with Gasteiger partial charge in [-0.3, -0.25) is 9.59 Å². The minimum atomic E-state index is -0.733. The highest BCUT2D eigenvalue weighted by Crippen LogP contribution is 2.26. The highest BCUT2D eigenvalue weighted by Gasteiger charge is 2.33. The molecule has 1 atom stereocenters. The Kier molecular flexibility index (Phi) is 8.56. The van der Waals surface area contributed by atoms with Crippen molar-refractivity contribution in [1.29, 1.82) is 0 Å². The van der Waals surface area contributed by atoms with E-state index in [1.807, 2.05) is 19.9 Å². The van der Waals surface area contributed by atoms with E-state index in [9.17, 15) is 14.4 Å². The van der Waals surface area contributed by atoms with E-state index in [1.165, 1.54) is 4.90 Å². The third-order valence-electron chi connectivity index (χ3n) is 5.46. The quantitative estimate of drug-likeness (QED) is 0.426. The van der Waals surface area contributed by atoms with Crippen LogP contribution in [0.2, 0.25) is 0 Å². The lowest BCUT2D eigenvalue weighted by Crippen LogP contribution is -2.45. The van der Waals surface area contributed by atoms with Crippen LogP contribution in [0.5, 0.6) is 0 Å². The first-order valence-electron chi connectivity index (χ1n) is 10.6. The summed E-state index contributed by atoms with van der Waals surface area (Å²) in [5.41, 5.74) is 2.62. The Morgan fingerprint density at radius 2 is 1.74 bits per heavy atom. The second-order valence-corrected chi connectivity index (χ2v) is 7.30. The van der Waals surface area contributed by atoms with Gasteiger partial charge in [0.2, 0.25) is 0 Å². The van der Waals surface area contributed by atoms with Crippen LogP contribution in [0.1, 0.15) is 63.2 Å². The Hall–Kier alpha value is -2.93. The number of esters is 1. The molecule has 0 bridgehead atoms. The summed E-state index contributed by atoms with van der Waals surface area (Å²) in [6, 6.07) is 8.13. The van der Waals surface area contributed by atoms with Crippen molar-refractivity contribution in [2.45, 2.75) is 47.2 Å². The van der Waals surface area contributed by atoms with Crippen LogP contribution in [-0.2, 0) is 16.0 Å². The molecule has 0 saturated heterocycles. The molecule has 168 valence electrons. The SMILES string of the molecule is CCOC(=O)c1c(C)c(C(=O)C(C)N(CCOC)C(=O)c2ccccc2)c(C)n1CC. The molecule has 1 unspecified atom stereocenters. The molecule has 0 saturated carbocycles. The Bertz CT molecular complexity index is 933. The molecule has 1 amide bonds. The minimum absolute atomic E-state index is 0.215. The topological polar surface area (TPSA) is 77.8 Å². The Labute approximate surface area is 183 Å². The maximum absolute atomic E-state index is 13.6. The largest absolute Gasteiger partial charge is 0.461 e. The average molecular weight is 429 g/mol. The van der Waals surface area contributed by atoms with Crippen molar-refractivity contribution in [1.82, 2.24) is 9.47 Å². The predicted octanol–water partition coefficient (Wildman–Crippen LogP) is 3.66. The number of methoxy groups -OCH3 is 1. The first-order chi connectivity index (χ1) is 14.8. The number of Topliss-reactive ketones (excluding diaryl/α,β-unsaturated/α-hetero) is 1. The molecule has 0 radical (unpaired) electrons. The Balaban J connectivity index is 2.47. The summed E-state index contributed by atoms with van der Waals surface area (Å²) in [5.74, 6) is -0.907. The molecular weight excluding hydrogens is 396 g/mol. The number of hydrogen-bond acceptors (Lipinski definition) is 5. The van der Waals surface area contributed by atoms with Crippen molar-refractivity contribution in [2.24, 2.45) is 0 Å². The zero-order valence-corrected chi connectivity index (χ0v) is 19.2. The molecular formula is C24H32N2O5. The average Bonchev–Trinajstić information content (AvgIpc) is 3.03. The summed E-state index contributed by atoms with van der Waals surface area (Å²) in [4.78, 5) is 40.8. The summed E-state index contributed by atoms with van der Waals surface area (Å²) in [5, 5.41) is 0. The van der Waals surface area contributed by atoms with Crippen LogP contribution in [0.25, 0.3) is 0 Å². The van der Waals surface area contributed by atoms with E-state index in [-0.39, 0.29) is 24.8 Å². The molecule has 0 spiro atoms. The Morgan fingerprint density at radius 1 is 1.10 bits per heavy atom. The first-order valence-corrected chi connectivity index (χ1v) is 10.6. The van der Waals surface area contributed by atoms with E-state index in [1.54, 1.807) is 56.7 Å². The number of benzene rings is 1. The molecule has 7 heteroatoms. The molecule has 1 aromatic carbocycles. The van der Waals surface area contributed by atoms with Crippen molar-refractivity contribution in [2.75, 3.05) is 26.9 Å². The number of carbonyl (C=O) groups is 3. The van der Waals surface area contributed by atoms with Gasteiger partial charge in [-0.15, -0.1) is 0 Å². The van der Waals surface area contributed by atoms with Gasteiger partial charge in [-0.2, -0.15) is 0 Å². The molecule has 0 N–H and O–H groups in total. The van der Waals surface area contributed by atoms with Gasteiger partial charge in [0.15, 0.2) is 5.78 Å². The normalized spacial score (nSPS) is 11.8. The zero-order valence-electron chi connectivity index (χ0n) is 19.2. The lowest BCUT2D eigenvalue weighted by atomic mass is 9.99. The fourth-order valence-corrected chi connectivity index (χ4v) is 3.87. The number of rotatable bonds is 10. The lowest BCUT2D eigenvalue weighted by Gasteiger charge is -2.28. The van der Waals surface area contributed by atoms with Gasteiger partial charge in [-0.05, 0) is 52.3 Å². The summed E-state index contributed by atoms with van der Waals surface area (Å²) < 4.78 is 12.2. The fraction of sp³-hybridized carbons (Fsp3) is 0.458. The van der Waals surface area contributed by atoms with E-state index >= 15 is 0 Å². The van der Waals surface area contributed by atoms with Crippen LogP contribution >= 0.6 is 0 Å². The number of nitrogens with zero attached hydrogens (tertiary/aromatic N) is 2.